The largest absolute Gasteiger partial charge is 0.464 e. The number of benzene rings is 1. The van der Waals surface area contributed by atoms with Crippen molar-refractivity contribution < 1.29 is 23.3 Å². The van der Waals surface area contributed by atoms with Crippen LogP contribution in [0.5, 0.6) is 0 Å². The minimum absolute atomic E-state index is 0.123. The number of nitrogens with one attached hydrogen (secondary N) is 1. The summed E-state index contributed by atoms with van der Waals surface area (Å²) in [6.07, 6.45) is 0. The van der Waals surface area contributed by atoms with E-state index in [4.69, 9.17) is 4.74 Å². The third kappa shape index (κ3) is 2.52. The number of fused-ring (bicyclic) bond motifs is 1. The van der Waals surface area contributed by atoms with Crippen molar-refractivity contribution in [3.63, 3.8) is 0 Å². The molecule has 3 atom stereocenters. The summed E-state index contributed by atoms with van der Waals surface area (Å²) in [6.45, 7) is 1.64. The molecule has 0 aromatic heterocycles. The van der Waals surface area contributed by atoms with Crippen LogP contribution in [0.2, 0.25) is 0 Å². The summed E-state index contributed by atoms with van der Waals surface area (Å²) in [5.41, 5.74) is 1.07. The van der Waals surface area contributed by atoms with Crippen LogP contribution in [-0.4, -0.2) is 51.2 Å². The molecule has 0 aliphatic carbocycles. The molecule has 0 radical (unpaired) electrons. The van der Waals surface area contributed by atoms with E-state index in [2.05, 4.69) is 5.32 Å². The lowest BCUT2D eigenvalue weighted by atomic mass is 10.0. The molecule has 1 saturated heterocycles. The second-order valence-electron chi connectivity index (χ2n) is 5.56. The predicted octanol–water partition coefficient (Wildman–Crippen LogP) is 0.163. The van der Waals surface area contributed by atoms with Gasteiger partial charge in [0.05, 0.1) is 17.9 Å². The molecule has 1 N–H and O–H groups in total. The van der Waals surface area contributed by atoms with Crippen LogP contribution in [0.15, 0.2) is 41.6 Å². The highest BCUT2D eigenvalue weighted by atomic mass is 32.2. The van der Waals surface area contributed by atoms with Crippen molar-refractivity contribution in [1.29, 1.82) is 0 Å². The van der Waals surface area contributed by atoms with E-state index in [9.17, 15) is 18.6 Å². The lowest BCUT2D eigenvalue weighted by molar-refractivity contribution is -0.150. The summed E-state index contributed by atoms with van der Waals surface area (Å²) in [5.74, 6) is -1.36. The van der Waals surface area contributed by atoms with E-state index in [0.29, 0.717) is 11.1 Å². The molecule has 24 heavy (non-hydrogen) atoms. The zero-order valence-corrected chi connectivity index (χ0v) is 14.0. The van der Waals surface area contributed by atoms with E-state index >= 15 is 0 Å². The third-order valence-corrected chi connectivity index (χ3v) is 5.76. The Morgan fingerprint density at radius 3 is 2.58 bits per heavy atom. The number of amides is 2. The van der Waals surface area contributed by atoms with Gasteiger partial charge in [0.25, 0.3) is 11.8 Å². The lowest BCUT2D eigenvalue weighted by Crippen LogP contribution is -2.73. The molecule has 1 aromatic carbocycles. The molecule has 2 aliphatic heterocycles. The summed E-state index contributed by atoms with van der Waals surface area (Å²) in [5, 5.41) is 1.86. The molecule has 126 valence electrons. The second kappa shape index (κ2) is 6.20. The Kier molecular flexibility index (Phi) is 4.23. The van der Waals surface area contributed by atoms with Crippen molar-refractivity contribution in [2.75, 3.05) is 12.9 Å². The first kappa shape index (κ1) is 16.4. The molecule has 1 fully saturated rings. The van der Waals surface area contributed by atoms with Crippen molar-refractivity contribution in [1.82, 2.24) is 10.2 Å². The van der Waals surface area contributed by atoms with Crippen LogP contribution >= 0.6 is 0 Å². The first-order valence-corrected chi connectivity index (χ1v) is 8.68. The Morgan fingerprint density at radius 1 is 1.29 bits per heavy atom. The van der Waals surface area contributed by atoms with Gasteiger partial charge in [-0.2, -0.15) is 0 Å². The van der Waals surface area contributed by atoms with Crippen molar-refractivity contribution >= 4 is 28.6 Å². The van der Waals surface area contributed by atoms with Crippen LogP contribution in [0.3, 0.4) is 0 Å². The van der Waals surface area contributed by atoms with Gasteiger partial charge in [-0.3, -0.25) is 18.7 Å². The van der Waals surface area contributed by atoms with Gasteiger partial charge in [0, 0.05) is 11.3 Å². The molecular formula is C16H16N2O5S. The van der Waals surface area contributed by atoms with E-state index in [1.54, 1.807) is 37.3 Å². The van der Waals surface area contributed by atoms with Crippen LogP contribution in [-0.2, 0) is 25.1 Å². The molecule has 2 amide bonds. The van der Waals surface area contributed by atoms with Gasteiger partial charge in [0.15, 0.2) is 0 Å². The Morgan fingerprint density at radius 2 is 1.96 bits per heavy atom. The van der Waals surface area contributed by atoms with Gasteiger partial charge in [-0.15, -0.1) is 0 Å². The topological polar surface area (TPSA) is 92.8 Å². The predicted molar refractivity (Wildman–Crippen MR) is 86.1 cm³/mol. The number of hydrogen-bond donors (Lipinski definition) is 1. The number of rotatable bonds is 3. The van der Waals surface area contributed by atoms with Gasteiger partial charge in [0.1, 0.15) is 17.1 Å². The highest BCUT2D eigenvalue weighted by Crippen LogP contribution is 2.35. The summed E-state index contributed by atoms with van der Waals surface area (Å²) in [6, 6.07) is 7.54. The number of methoxy groups -OCH3 is 1. The van der Waals surface area contributed by atoms with Crippen LogP contribution < -0.4 is 5.32 Å². The monoisotopic (exact) mass is 348 g/mol. The highest BCUT2D eigenvalue weighted by Gasteiger charge is 2.56. The Balaban J connectivity index is 1.83. The van der Waals surface area contributed by atoms with Crippen LogP contribution in [0.25, 0.3) is 0 Å². The molecule has 0 bridgehead atoms. The number of carbonyl (C=O) groups excluding carboxylic acids is 3. The minimum atomic E-state index is -1.40. The maximum atomic E-state index is 12.4. The Labute approximate surface area is 141 Å². The van der Waals surface area contributed by atoms with E-state index < -0.39 is 40.0 Å². The highest BCUT2D eigenvalue weighted by molar-refractivity contribution is 7.86. The SMILES string of the molecule is COC(=O)C1=C(C)C[S@@](=O)[C@@H]2[C@H](NC(=O)c3ccccc3)C(=O)N12. The molecule has 0 saturated carbocycles. The minimum Gasteiger partial charge on any atom is -0.464 e. The average molecular weight is 348 g/mol. The van der Waals surface area contributed by atoms with Crippen LogP contribution in [0.4, 0.5) is 0 Å². The van der Waals surface area contributed by atoms with Crippen molar-refractivity contribution in [3.8, 4) is 0 Å². The van der Waals surface area contributed by atoms with Crippen molar-refractivity contribution in [3.05, 3.63) is 47.2 Å². The van der Waals surface area contributed by atoms with E-state index in [-0.39, 0.29) is 11.4 Å². The van der Waals surface area contributed by atoms with Crippen molar-refractivity contribution in [2.45, 2.75) is 18.3 Å². The molecule has 0 spiro atoms. The summed E-state index contributed by atoms with van der Waals surface area (Å²) < 4.78 is 17.1. The number of hydrogen-bond acceptors (Lipinski definition) is 5. The fourth-order valence-corrected chi connectivity index (χ4v) is 4.53. The number of nitrogens with zero attached hydrogens (tertiary/aromatic N) is 1. The van der Waals surface area contributed by atoms with E-state index in [1.807, 2.05) is 0 Å². The Bertz CT molecular complexity index is 774. The number of esters is 1. The van der Waals surface area contributed by atoms with Gasteiger partial charge in [-0.05, 0) is 24.6 Å². The molecule has 2 heterocycles. The molecule has 7 nitrogen and oxygen atoms in total. The summed E-state index contributed by atoms with van der Waals surface area (Å²) in [4.78, 5) is 37.7. The normalized spacial score (nSPS) is 25.7. The van der Waals surface area contributed by atoms with Crippen molar-refractivity contribution in [2.24, 2.45) is 0 Å². The van der Waals surface area contributed by atoms with Gasteiger partial charge >= 0.3 is 5.97 Å². The van der Waals surface area contributed by atoms with E-state index in [1.165, 1.54) is 12.0 Å². The summed E-state index contributed by atoms with van der Waals surface area (Å²) >= 11 is 0. The third-order valence-electron chi connectivity index (χ3n) is 4.02. The first-order valence-electron chi connectivity index (χ1n) is 7.30. The fraction of sp³-hybridized carbons (Fsp3) is 0.312. The summed E-state index contributed by atoms with van der Waals surface area (Å²) in [7, 11) is -0.172. The van der Waals surface area contributed by atoms with Gasteiger partial charge in [-0.25, -0.2) is 4.79 Å². The quantitative estimate of drug-likeness (QED) is 0.621. The molecule has 3 rings (SSSR count). The molecular weight excluding hydrogens is 332 g/mol. The van der Waals surface area contributed by atoms with Gasteiger partial charge in [-0.1, -0.05) is 18.2 Å². The Hall–Kier alpha value is -2.48. The molecule has 0 unspecified atom stereocenters. The van der Waals surface area contributed by atoms with E-state index in [0.717, 1.165) is 0 Å². The van der Waals surface area contributed by atoms with Crippen LogP contribution in [0, 0.1) is 0 Å². The average Bonchev–Trinajstić information content (AvgIpc) is 2.59. The number of ether oxygens (including phenoxy) is 1. The fourth-order valence-electron chi connectivity index (χ4n) is 2.86. The standard InChI is InChI=1S/C16H16N2O5S/c1-9-8-24(22)15-11(14(20)18(15)12(9)16(21)23-2)17-13(19)10-6-4-3-5-7-10/h3-7,11,15H,8H2,1-2H3,(H,17,19)/t11-,15-,24-/m1/s1. The molecule has 8 heteroatoms. The zero-order valence-electron chi connectivity index (χ0n) is 13.1. The molecule has 1 aromatic rings. The van der Waals surface area contributed by atoms with Crippen LogP contribution in [0.1, 0.15) is 17.3 Å². The maximum absolute atomic E-state index is 12.4. The molecule has 2 aliphatic rings. The van der Waals surface area contributed by atoms with Gasteiger partial charge in [0.2, 0.25) is 0 Å². The number of carbonyl (C=O) groups is 3. The lowest BCUT2D eigenvalue weighted by Gasteiger charge is -2.49. The zero-order chi connectivity index (χ0) is 17.4. The maximum Gasteiger partial charge on any atom is 0.354 e. The smallest absolute Gasteiger partial charge is 0.354 e. The van der Waals surface area contributed by atoms with Gasteiger partial charge < -0.3 is 10.1 Å². The number of β-lactam (4-membered cyclic amide) rings is 1. The second-order valence-corrected chi connectivity index (χ2v) is 7.09. The first-order chi connectivity index (χ1) is 11.5.